The van der Waals surface area contributed by atoms with Crippen LogP contribution in [0, 0.1) is 11.3 Å². The Bertz CT molecular complexity index is 3050. The van der Waals surface area contributed by atoms with E-state index in [4.69, 9.17) is 0 Å². The minimum absolute atomic E-state index is 0.00633. The third-order valence-corrected chi connectivity index (χ3v) is 14.0. The quantitative estimate of drug-likeness (QED) is 0.157. The maximum Gasteiger partial charge on any atom is 0.252 e. The van der Waals surface area contributed by atoms with E-state index in [1.165, 1.54) is 111 Å². The zero-order valence-electron chi connectivity index (χ0n) is 33.9. The van der Waals surface area contributed by atoms with E-state index in [2.05, 4.69) is 184 Å². The summed E-state index contributed by atoms with van der Waals surface area (Å²) in [6, 6.07) is 46.5. The predicted octanol–water partition coefficient (Wildman–Crippen LogP) is 11.3. The van der Waals surface area contributed by atoms with Gasteiger partial charge in [0.2, 0.25) is 0 Å². The molecule has 0 saturated carbocycles. The van der Waals surface area contributed by atoms with Crippen LogP contribution in [0.1, 0.15) is 69.5 Å². The second kappa shape index (κ2) is 11.4. The van der Waals surface area contributed by atoms with Gasteiger partial charge in [-0.05, 0) is 127 Å². The molecule has 8 aromatic rings. The summed E-state index contributed by atoms with van der Waals surface area (Å²) in [5, 5.41) is 2.80. The molecule has 3 heteroatoms. The van der Waals surface area contributed by atoms with E-state index in [1.54, 1.807) is 0 Å². The summed E-state index contributed by atoms with van der Waals surface area (Å²) in [6.07, 6.45) is 8.14. The first-order valence-corrected chi connectivity index (χ1v) is 21.0. The minimum atomic E-state index is -0.00633. The maximum atomic E-state index is 2.69. The number of aromatic nitrogens is 2. The Labute approximate surface area is 336 Å². The van der Waals surface area contributed by atoms with Gasteiger partial charge in [-0.1, -0.05) is 145 Å². The molecule has 0 N–H and O–H groups in total. The van der Waals surface area contributed by atoms with Gasteiger partial charge in [-0.3, -0.25) is 0 Å². The molecule has 0 fully saturated rings. The van der Waals surface area contributed by atoms with Crippen LogP contribution in [0.3, 0.4) is 0 Å². The lowest BCUT2D eigenvalue weighted by atomic mass is 9.33. The van der Waals surface area contributed by atoms with Crippen LogP contribution >= 0.6 is 0 Å². The average Bonchev–Trinajstić information content (AvgIpc) is 3.74. The second-order valence-electron chi connectivity index (χ2n) is 19.3. The van der Waals surface area contributed by atoms with E-state index < -0.39 is 0 Å². The van der Waals surface area contributed by atoms with Crippen molar-refractivity contribution in [2.24, 2.45) is 11.3 Å². The van der Waals surface area contributed by atoms with Crippen LogP contribution in [0.5, 0.6) is 0 Å². The number of hydrogen-bond donors (Lipinski definition) is 0. The van der Waals surface area contributed by atoms with Crippen molar-refractivity contribution in [1.29, 1.82) is 0 Å². The average molecular weight is 735 g/mol. The molecule has 0 amide bonds. The van der Waals surface area contributed by atoms with Gasteiger partial charge in [0.15, 0.2) is 0 Å². The highest BCUT2D eigenvalue weighted by molar-refractivity contribution is 7.00. The zero-order valence-corrected chi connectivity index (χ0v) is 33.9. The number of fused-ring (bicyclic) bond motifs is 11. The first-order chi connectivity index (χ1) is 27.6. The van der Waals surface area contributed by atoms with Crippen LogP contribution < -0.4 is 16.4 Å². The van der Waals surface area contributed by atoms with Gasteiger partial charge in [0.1, 0.15) is 0 Å². The van der Waals surface area contributed by atoms with E-state index in [1.807, 2.05) is 0 Å². The van der Waals surface area contributed by atoms with E-state index in [9.17, 15) is 0 Å². The van der Waals surface area contributed by atoms with E-state index in [0.717, 1.165) is 19.3 Å². The lowest BCUT2D eigenvalue weighted by molar-refractivity contribution is 0.291. The molecule has 1 atom stereocenters. The van der Waals surface area contributed by atoms with Crippen LogP contribution in [0.2, 0.25) is 0 Å². The fourth-order valence-electron chi connectivity index (χ4n) is 11.2. The topological polar surface area (TPSA) is 9.86 Å². The summed E-state index contributed by atoms with van der Waals surface area (Å²) in [4.78, 5) is 0. The number of allylic oxidation sites excluding steroid dienone is 1. The predicted molar refractivity (Wildman–Crippen MR) is 243 cm³/mol. The van der Waals surface area contributed by atoms with Crippen molar-refractivity contribution in [3.8, 4) is 44.9 Å². The Balaban J connectivity index is 1.30. The van der Waals surface area contributed by atoms with Crippen molar-refractivity contribution in [2.75, 3.05) is 0 Å². The molecule has 57 heavy (non-hydrogen) atoms. The highest BCUT2D eigenvalue weighted by Crippen LogP contribution is 2.49. The number of rotatable bonds is 2. The van der Waals surface area contributed by atoms with Gasteiger partial charge in [0, 0.05) is 44.4 Å². The van der Waals surface area contributed by atoms with Gasteiger partial charge >= 0.3 is 0 Å². The Morgan fingerprint density at radius 1 is 0.596 bits per heavy atom. The maximum absolute atomic E-state index is 2.69. The summed E-state index contributed by atoms with van der Waals surface area (Å²) in [6.45, 7) is 14.5. The molecule has 0 saturated heterocycles. The number of aryl methyl sites for hydroxylation is 1. The molecule has 0 spiro atoms. The fourth-order valence-corrected chi connectivity index (χ4v) is 11.2. The SMILES string of the molecule is CC(C)(C)c1cc2c3c(c1)c1c(n3-c3cccc4c3B2c2c3c(cc5c(-c6ccccc6)c(-c6ccccc6)n-4c25)-c2ccccc2CC3)C=CC(C(C)(C)C)C1. The van der Waals surface area contributed by atoms with Crippen molar-refractivity contribution in [1.82, 2.24) is 9.13 Å². The number of benzene rings is 6. The molecule has 12 rings (SSSR count). The van der Waals surface area contributed by atoms with Gasteiger partial charge in [0.05, 0.1) is 5.69 Å². The smallest absolute Gasteiger partial charge is 0.252 e. The summed E-state index contributed by atoms with van der Waals surface area (Å²) in [7, 11) is 0. The van der Waals surface area contributed by atoms with E-state index >= 15 is 0 Å². The van der Waals surface area contributed by atoms with Gasteiger partial charge < -0.3 is 9.13 Å². The van der Waals surface area contributed by atoms with Gasteiger partial charge in [-0.2, -0.15) is 0 Å². The Morgan fingerprint density at radius 2 is 1.30 bits per heavy atom. The lowest BCUT2D eigenvalue weighted by Gasteiger charge is -2.37. The molecule has 2 aliphatic carbocycles. The molecular weight excluding hydrogens is 687 g/mol. The number of nitrogens with zero attached hydrogens (tertiary/aromatic N) is 2. The van der Waals surface area contributed by atoms with Crippen LogP contribution in [0.15, 0.2) is 127 Å². The Kier molecular flexibility index (Phi) is 6.68. The van der Waals surface area contributed by atoms with Crippen LogP contribution in [0.4, 0.5) is 0 Å². The highest BCUT2D eigenvalue weighted by atomic mass is 15.0. The first kappa shape index (κ1) is 33.4. The molecule has 4 aliphatic rings. The first-order valence-electron chi connectivity index (χ1n) is 21.0. The van der Waals surface area contributed by atoms with Gasteiger partial charge in [-0.25, -0.2) is 0 Å². The molecule has 2 nitrogen and oxygen atoms in total. The third-order valence-electron chi connectivity index (χ3n) is 14.0. The molecule has 6 aromatic carbocycles. The van der Waals surface area contributed by atoms with Crippen LogP contribution in [-0.4, -0.2) is 15.8 Å². The summed E-state index contributed by atoms with van der Waals surface area (Å²) in [5.74, 6) is 0.482. The van der Waals surface area contributed by atoms with Crippen molar-refractivity contribution in [3.63, 3.8) is 0 Å². The van der Waals surface area contributed by atoms with Crippen molar-refractivity contribution in [2.45, 2.75) is 66.2 Å². The minimum Gasteiger partial charge on any atom is -0.311 e. The van der Waals surface area contributed by atoms with E-state index in [-0.39, 0.29) is 17.5 Å². The van der Waals surface area contributed by atoms with Crippen molar-refractivity contribution < 1.29 is 0 Å². The normalized spacial score (nSPS) is 16.1. The Morgan fingerprint density at radius 3 is 2.04 bits per heavy atom. The van der Waals surface area contributed by atoms with Gasteiger partial charge in [0.25, 0.3) is 6.71 Å². The van der Waals surface area contributed by atoms with Gasteiger partial charge in [-0.15, -0.1) is 0 Å². The van der Waals surface area contributed by atoms with Crippen molar-refractivity contribution >= 4 is 51.0 Å². The van der Waals surface area contributed by atoms with Crippen molar-refractivity contribution in [3.05, 3.63) is 155 Å². The number of hydrogen-bond acceptors (Lipinski definition) is 0. The third kappa shape index (κ3) is 4.49. The Hall–Kier alpha value is -5.80. The fraction of sp³-hybridized carbons (Fsp3) is 0.222. The van der Waals surface area contributed by atoms with Crippen LogP contribution in [-0.2, 0) is 24.7 Å². The molecule has 4 heterocycles. The highest BCUT2D eigenvalue weighted by Gasteiger charge is 2.45. The molecule has 1 unspecified atom stereocenters. The molecule has 2 aliphatic heterocycles. The molecule has 0 bridgehead atoms. The second-order valence-corrected chi connectivity index (χ2v) is 19.3. The molecule has 2 aromatic heterocycles. The largest absolute Gasteiger partial charge is 0.311 e. The molecular formula is C54H47BN2. The molecule has 0 radical (unpaired) electrons. The summed E-state index contributed by atoms with van der Waals surface area (Å²) < 4.78 is 5.36. The lowest BCUT2D eigenvalue weighted by Crippen LogP contribution is -2.60. The molecule has 276 valence electrons. The summed E-state index contributed by atoms with van der Waals surface area (Å²) >= 11 is 0. The van der Waals surface area contributed by atoms with Crippen LogP contribution in [0.25, 0.3) is 72.8 Å². The standard InChI is InChI=1S/C54H47BN2/c1-53(2,3)35-25-27-44-40(28-35)41-29-36(54(4,5)6)30-43-51(41)56(44)45-22-15-23-46-49(45)55(43)48-38-26-24-32-16-13-14-21-37(32)39(38)31-42-47(33-17-9-7-10-18-33)50(57(46)52(42)48)34-19-11-8-12-20-34/h7-23,25,27,29-31,35H,24,26,28H2,1-6H3. The summed E-state index contributed by atoms with van der Waals surface area (Å²) in [5.41, 5.74) is 25.2. The monoisotopic (exact) mass is 734 g/mol. The van der Waals surface area contributed by atoms with E-state index in [0.29, 0.717) is 5.92 Å². The zero-order chi connectivity index (χ0) is 38.5.